The second kappa shape index (κ2) is 9.89. The van der Waals surface area contributed by atoms with Gasteiger partial charge in [0.25, 0.3) is 0 Å². The van der Waals surface area contributed by atoms with Crippen molar-refractivity contribution in [3.05, 3.63) is 204 Å². The first-order chi connectivity index (χ1) is 24.3. The van der Waals surface area contributed by atoms with Crippen molar-refractivity contribution in [3.63, 3.8) is 0 Å². The third-order valence-corrected chi connectivity index (χ3v) is 11.3. The summed E-state index contributed by atoms with van der Waals surface area (Å²) in [7, 11) is 0. The minimum Gasteiger partial charge on any atom is -0.0619 e. The van der Waals surface area contributed by atoms with Gasteiger partial charge in [-0.15, -0.1) is 0 Å². The van der Waals surface area contributed by atoms with Gasteiger partial charge in [-0.3, -0.25) is 0 Å². The second-order valence-electron chi connectivity index (χ2n) is 13.6. The Morgan fingerprint density at radius 3 is 1.08 bits per heavy atom. The Morgan fingerprint density at radius 2 is 0.571 bits per heavy atom. The summed E-state index contributed by atoms with van der Waals surface area (Å²) in [5.74, 6) is 0. The van der Waals surface area contributed by atoms with Crippen LogP contribution in [0.2, 0.25) is 0 Å². The van der Waals surface area contributed by atoms with Gasteiger partial charge in [-0.25, -0.2) is 0 Å². The fourth-order valence-electron chi connectivity index (χ4n) is 9.22. The molecule has 49 heavy (non-hydrogen) atoms. The summed E-state index contributed by atoms with van der Waals surface area (Å²) in [6, 6.07) is 67.9. The van der Waals surface area contributed by atoms with Crippen LogP contribution in [0.15, 0.2) is 182 Å². The van der Waals surface area contributed by atoms with Crippen LogP contribution < -0.4 is 0 Å². The SMILES string of the molecule is c1ccc2c(c1)-c1ccccc1C21c2ccccc2-c2ccc(-c3ccc(-c4ccc5c6ccccc6c6ccccc6c5c4)cc3)cc21. The fourth-order valence-corrected chi connectivity index (χ4v) is 9.22. The summed E-state index contributed by atoms with van der Waals surface area (Å²) in [4.78, 5) is 0. The van der Waals surface area contributed by atoms with Gasteiger partial charge in [-0.2, -0.15) is 0 Å². The van der Waals surface area contributed by atoms with E-state index in [9.17, 15) is 0 Å². The topological polar surface area (TPSA) is 0 Å². The predicted molar refractivity (Wildman–Crippen MR) is 206 cm³/mol. The van der Waals surface area contributed by atoms with Crippen molar-refractivity contribution in [2.24, 2.45) is 0 Å². The molecule has 9 aromatic rings. The highest BCUT2D eigenvalue weighted by atomic mass is 14.5. The Kier molecular flexibility index (Phi) is 5.41. The maximum atomic E-state index is 2.47. The Hall–Kier alpha value is -6.24. The first kappa shape index (κ1) is 26.8. The van der Waals surface area contributed by atoms with E-state index in [2.05, 4.69) is 182 Å². The fraction of sp³-hybridized carbons (Fsp3) is 0.0204. The monoisotopic (exact) mass is 618 g/mol. The summed E-state index contributed by atoms with van der Waals surface area (Å²) in [6.07, 6.45) is 0. The van der Waals surface area contributed by atoms with Crippen LogP contribution in [0.5, 0.6) is 0 Å². The lowest BCUT2D eigenvalue weighted by molar-refractivity contribution is 0.794. The first-order valence-corrected chi connectivity index (χ1v) is 17.2. The molecule has 0 aliphatic heterocycles. The number of hydrogen-bond donors (Lipinski definition) is 0. The van der Waals surface area contributed by atoms with Gasteiger partial charge in [0.1, 0.15) is 0 Å². The van der Waals surface area contributed by atoms with Crippen molar-refractivity contribution in [2.75, 3.05) is 0 Å². The summed E-state index contributed by atoms with van der Waals surface area (Å²) < 4.78 is 0. The number of rotatable bonds is 2. The van der Waals surface area contributed by atoms with Gasteiger partial charge < -0.3 is 0 Å². The van der Waals surface area contributed by atoms with Gasteiger partial charge in [0.2, 0.25) is 0 Å². The maximum absolute atomic E-state index is 2.47. The van der Waals surface area contributed by atoms with Crippen LogP contribution in [0, 0.1) is 0 Å². The lowest BCUT2D eigenvalue weighted by Gasteiger charge is -2.30. The van der Waals surface area contributed by atoms with Gasteiger partial charge in [-0.05, 0) is 111 Å². The molecule has 0 atom stereocenters. The molecule has 0 fully saturated rings. The quantitative estimate of drug-likeness (QED) is 0.169. The molecule has 0 heterocycles. The molecular formula is C49H30. The Bertz CT molecular complexity index is 2720. The molecule has 11 rings (SSSR count). The molecule has 0 bridgehead atoms. The largest absolute Gasteiger partial charge is 0.0725 e. The molecule has 0 nitrogen and oxygen atoms in total. The zero-order valence-corrected chi connectivity index (χ0v) is 26.8. The van der Waals surface area contributed by atoms with E-state index in [-0.39, 0.29) is 5.41 Å². The van der Waals surface area contributed by atoms with E-state index in [0.29, 0.717) is 0 Å². The molecule has 0 unspecified atom stereocenters. The molecule has 0 saturated heterocycles. The molecule has 9 aromatic carbocycles. The van der Waals surface area contributed by atoms with E-state index in [1.54, 1.807) is 0 Å². The number of hydrogen-bond acceptors (Lipinski definition) is 0. The van der Waals surface area contributed by atoms with Crippen molar-refractivity contribution in [1.29, 1.82) is 0 Å². The first-order valence-electron chi connectivity index (χ1n) is 17.2. The van der Waals surface area contributed by atoms with E-state index < -0.39 is 0 Å². The van der Waals surface area contributed by atoms with Gasteiger partial charge in [0.05, 0.1) is 5.41 Å². The average Bonchev–Trinajstić information content (AvgIpc) is 3.65. The van der Waals surface area contributed by atoms with Crippen molar-refractivity contribution in [1.82, 2.24) is 0 Å². The summed E-state index contributed by atoms with van der Waals surface area (Å²) in [6.45, 7) is 0. The highest BCUT2D eigenvalue weighted by Gasteiger charge is 2.51. The minimum atomic E-state index is -0.326. The van der Waals surface area contributed by atoms with E-state index in [1.807, 2.05) is 0 Å². The van der Waals surface area contributed by atoms with E-state index in [1.165, 1.54) is 99.1 Å². The Morgan fingerprint density at radius 1 is 0.224 bits per heavy atom. The van der Waals surface area contributed by atoms with E-state index in [4.69, 9.17) is 0 Å². The Balaban J connectivity index is 1.06. The van der Waals surface area contributed by atoms with Crippen molar-refractivity contribution in [2.45, 2.75) is 5.41 Å². The highest BCUT2D eigenvalue weighted by molar-refractivity contribution is 6.25. The Labute approximate surface area is 285 Å². The number of benzene rings is 9. The smallest absolute Gasteiger partial charge is 0.0619 e. The molecule has 0 aromatic heterocycles. The van der Waals surface area contributed by atoms with Gasteiger partial charge in [0, 0.05) is 0 Å². The summed E-state index contributed by atoms with van der Waals surface area (Å²) >= 11 is 0. The third-order valence-electron chi connectivity index (χ3n) is 11.3. The number of fused-ring (bicyclic) bond motifs is 16. The second-order valence-corrected chi connectivity index (χ2v) is 13.6. The van der Waals surface area contributed by atoms with E-state index in [0.717, 1.165) is 0 Å². The third kappa shape index (κ3) is 3.53. The van der Waals surface area contributed by atoms with Crippen molar-refractivity contribution < 1.29 is 0 Å². The molecule has 0 heteroatoms. The predicted octanol–water partition coefficient (Wildman–Crippen LogP) is 12.8. The molecule has 226 valence electrons. The minimum absolute atomic E-state index is 0.326. The van der Waals surface area contributed by atoms with Crippen LogP contribution >= 0.6 is 0 Å². The van der Waals surface area contributed by atoms with E-state index >= 15 is 0 Å². The molecule has 0 saturated carbocycles. The van der Waals surface area contributed by atoms with Crippen molar-refractivity contribution in [3.8, 4) is 44.5 Å². The molecule has 1 spiro atoms. The average molecular weight is 619 g/mol. The molecule has 0 N–H and O–H groups in total. The normalized spacial score (nSPS) is 13.5. The van der Waals surface area contributed by atoms with Crippen LogP contribution in [0.3, 0.4) is 0 Å². The highest BCUT2D eigenvalue weighted by Crippen LogP contribution is 2.63. The lowest BCUT2D eigenvalue weighted by atomic mass is 9.70. The van der Waals surface area contributed by atoms with Gasteiger partial charge in [0.15, 0.2) is 0 Å². The van der Waals surface area contributed by atoms with Crippen molar-refractivity contribution >= 4 is 32.3 Å². The summed E-state index contributed by atoms with van der Waals surface area (Å²) in [5.41, 5.74) is 15.5. The van der Waals surface area contributed by atoms with Crippen LogP contribution in [0.4, 0.5) is 0 Å². The van der Waals surface area contributed by atoms with Gasteiger partial charge >= 0.3 is 0 Å². The lowest BCUT2D eigenvalue weighted by Crippen LogP contribution is -2.25. The zero-order valence-electron chi connectivity index (χ0n) is 26.8. The molecule has 2 aliphatic carbocycles. The van der Waals surface area contributed by atoms with Gasteiger partial charge in [-0.1, -0.05) is 170 Å². The summed E-state index contributed by atoms with van der Waals surface area (Å²) in [5, 5.41) is 7.84. The van der Waals surface area contributed by atoms with Crippen LogP contribution in [0.1, 0.15) is 22.3 Å². The van der Waals surface area contributed by atoms with Crippen LogP contribution in [-0.4, -0.2) is 0 Å². The molecule has 0 amide bonds. The molecule has 2 aliphatic rings. The maximum Gasteiger partial charge on any atom is 0.0725 e. The molecular weight excluding hydrogens is 589 g/mol. The standard InChI is InChI=1S/C49H30/c1-2-13-37-35(11-1)36-12-3-4-14-38(36)44-29-33(25-27-39(37)44)31-21-23-32(24-22-31)34-26-28-43-42-17-7-10-20-47(42)49(48(43)30-34)45-18-8-5-15-40(45)41-16-6-9-19-46(41)49/h1-30H. The van der Waals surface area contributed by atoms with Crippen LogP contribution in [-0.2, 0) is 5.41 Å². The van der Waals surface area contributed by atoms with Crippen LogP contribution in [0.25, 0.3) is 76.8 Å². The zero-order chi connectivity index (χ0) is 32.1. The molecule has 0 radical (unpaired) electrons.